The van der Waals surface area contributed by atoms with Gasteiger partial charge in [0, 0.05) is 38.0 Å². The van der Waals surface area contributed by atoms with Gasteiger partial charge in [0.1, 0.15) is 6.10 Å². The second kappa shape index (κ2) is 7.31. The first-order chi connectivity index (χ1) is 12.7. The van der Waals surface area contributed by atoms with Gasteiger partial charge in [-0.2, -0.15) is 5.10 Å². The molecule has 1 atom stereocenters. The number of ether oxygens (including phenoxy) is 2. The molecule has 2 aliphatic heterocycles. The fourth-order valence-electron chi connectivity index (χ4n) is 3.29. The normalized spacial score (nSPS) is 19.6. The Morgan fingerprint density at radius 3 is 2.92 bits per heavy atom. The van der Waals surface area contributed by atoms with E-state index in [1.807, 2.05) is 0 Å². The van der Waals surface area contributed by atoms with Gasteiger partial charge in [0.15, 0.2) is 5.69 Å². The van der Waals surface area contributed by atoms with Crippen molar-refractivity contribution >= 4 is 5.91 Å². The van der Waals surface area contributed by atoms with Crippen molar-refractivity contribution in [2.24, 2.45) is 0 Å². The van der Waals surface area contributed by atoms with Crippen molar-refractivity contribution in [3.8, 4) is 11.9 Å². The molecule has 4 rings (SSSR count). The molecule has 0 N–H and O–H groups in total. The SMILES string of the molecule is CCc1cnc(OC2CCCN(C(=O)c3cc4n(n3)CCCO4)C2)nc1. The largest absolute Gasteiger partial charge is 0.478 e. The van der Waals surface area contributed by atoms with Crippen LogP contribution in [-0.4, -0.2) is 56.4 Å². The summed E-state index contributed by atoms with van der Waals surface area (Å²) in [6.45, 7) is 4.75. The fourth-order valence-corrected chi connectivity index (χ4v) is 3.29. The molecule has 8 nitrogen and oxygen atoms in total. The molecule has 4 heterocycles. The van der Waals surface area contributed by atoms with Crippen LogP contribution >= 0.6 is 0 Å². The average molecular weight is 357 g/mol. The monoisotopic (exact) mass is 357 g/mol. The molecule has 0 saturated carbocycles. The highest BCUT2D eigenvalue weighted by Gasteiger charge is 2.28. The number of carbonyl (C=O) groups excluding carboxylic acids is 1. The van der Waals surface area contributed by atoms with E-state index in [1.165, 1.54) is 0 Å². The van der Waals surface area contributed by atoms with Gasteiger partial charge in [-0.3, -0.25) is 4.79 Å². The number of carbonyl (C=O) groups is 1. The lowest BCUT2D eigenvalue weighted by molar-refractivity contribution is 0.0510. The number of hydrogen-bond acceptors (Lipinski definition) is 6. The van der Waals surface area contributed by atoms with Gasteiger partial charge in [-0.05, 0) is 24.8 Å². The van der Waals surface area contributed by atoms with Gasteiger partial charge in [0.05, 0.1) is 13.2 Å². The maximum absolute atomic E-state index is 12.8. The van der Waals surface area contributed by atoms with Gasteiger partial charge < -0.3 is 14.4 Å². The second-order valence-corrected chi connectivity index (χ2v) is 6.65. The zero-order chi connectivity index (χ0) is 17.9. The van der Waals surface area contributed by atoms with E-state index in [1.54, 1.807) is 28.0 Å². The van der Waals surface area contributed by atoms with Crippen LogP contribution in [0.1, 0.15) is 42.2 Å². The highest BCUT2D eigenvalue weighted by Crippen LogP contribution is 2.22. The number of amides is 1. The lowest BCUT2D eigenvalue weighted by Gasteiger charge is -2.31. The van der Waals surface area contributed by atoms with Crippen LogP contribution in [0, 0.1) is 0 Å². The Bertz CT molecular complexity index is 750. The van der Waals surface area contributed by atoms with Crippen molar-refractivity contribution in [2.45, 2.75) is 45.3 Å². The van der Waals surface area contributed by atoms with Crippen LogP contribution in [0.2, 0.25) is 0 Å². The molecular formula is C18H23N5O3. The zero-order valence-corrected chi connectivity index (χ0v) is 14.9. The fraction of sp³-hybridized carbons (Fsp3) is 0.556. The van der Waals surface area contributed by atoms with Crippen LogP contribution in [-0.2, 0) is 13.0 Å². The first kappa shape index (κ1) is 16.8. The highest BCUT2D eigenvalue weighted by molar-refractivity contribution is 5.92. The standard InChI is InChI=1S/C18H23N5O3/c1-2-13-10-19-18(20-11-13)26-14-5-3-6-22(12-14)17(24)15-9-16-23(21-15)7-4-8-25-16/h9-11,14H,2-8,12H2,1H3. The van der Waals surface area contributed by atoms with Gasteiger partial charge in [-0.15, -0.1) is 0 Å². The number of aromatic nitrogens is 4. The van der Waals surface area contributed by atoms with Crippen LogP contribution < -0.4 is 9.47 Å². The average Bonchev–Trinajstić information content (AvgIpc) is 3.12. The third-order valence-electron chi connectivity index (χ3n) is 4.75. The number of likely N-dealkylation sites (tertiary alicyclic amines) is 1. The summed E-state index contributed by atoms with van der Waals surface area (Å²) < 4.78 is 13.2. The minimum atomic E-state index is -0.103. The van der Waals surface area contributed by atoms with E-state index >= 15 is 0 Å². The summed E-state index contributed by atoms with van der Waals surface area (Å²) in [4.78, 5) is 23.1. The quantitative estimate of drug-likeness (QED) is 0.828. The Balaban J connectivity index is 1.40. The Morgan fingerprint density at radius 1 is 1.31 bits per heavy atom. The van der Waals surface area contributed by atoms with Crippen molar-refractivity contribution < 1.29 is 14.3 Å². The first-order valence-corrected chi connectivity index (χ1v) is 9.20. The minimum Gasteiger partial charge on any atom is -0.478 e. The maximum Gasteiger partial charge on any atom is 0.316 e. The van der Waals surface area contributed by atoms with E-state index in [9.17, 15) is 4.79 Å². The molecule has 0 aliphatic carbocycles. The zero-order valence-electron chi connectivity index (χ0n) is 14.9. The Labute approximate surface area is 152 Å². The molecule has 2 aliphatic rings. The van der Waals surface area contributed by atoms with E-state index in [0.717, 1.165) is 37.8 Å². The van der Waals surface area contributed by atoms with Gasteiger partial charge in [0.2, 0.25) is 5.88 Å². The van der Waals surface area contributed by atoms with Gasteiger partial charge in [0.25, 0.3) is 5.91 Å². The maximum atomic E-state index is 12.8. The molecule has 0 aromatic carbocycles. The molecule has 1 saturated heterocycles. The molecule has 8 heteroatoms. The van der Waals surface area contributed by atoms with Gasteiger partial charge in [-0.25, -0.2) is 14.6 Å². The number of nitrogens with zero attached hydrogens (tertiary/aromatic N) is 5. The molecule has 1 fully saturated rings. The Hall–Kier alpha value is -2.64. The predicted molar refractivity (Wildman–Crippen MR) is 93.3 cm³/mol. The molecule has 0 radical (unpaired) electrons. The predicted octanol–water partition coefficient (Wildman–Crippen LogP) is 1.70. The van der Waals surface area contributed by atoms with Crippen LogP contribution in [0.25, 0.3) is 0 Å². The molecule has 2 aromatic heterocycles. The van der Waals surface area contributed by atoms with Crippen molar-refractivity contribution in [2.75, 3.05) is 19.7 Å². The summed E-state index contributed by atoms with van der Waals surface area (Å²) in [6, 6.07) is 2.10. The summed E-state index contributed by atoms with van der Waals surface area (Å²) in [7, 11) is 0. The number of hydrogen-bond donors (Lipinski definition) is 0. The van der Waals surface area contributed by atoms with E-state index in [4.69, 9.17) is 9.47 Å². The van der Waals surface area contributed by atoms with Crippen molar-refractivity contribution in [1.29, 1.82) is 0 Å². The highest BCUT2D eigenvalue weighted by atomic mass is 16.5. The first-order valence-electron chi connectivity index (χ1n) is 9.20. The van der Waals surface area contributed by atoms with E-state index in [0.29, 0.717) is 37.3 Å². The summed E-state index contributed by atoms with van der Waals surface area (Å²) in [5.41, 5.74) is 1.51. The molecule has 1 unspecified atom stereocenters. The van der Waals surface area contributed by atoms with E-state index in [-0.39, 0.29) is 12.0 Å². The summed E-state index contributed by atoms with van der Waals surface area (Å²) in [6.07, 6.45) is 7.03. The molecule has 1 amide bonds. The molecule has 26 heavy (non-hydrogen) atoms. The van der Waals surface area contributed by atoms with E-state index in [2.05, 4.69) is 22.0 Å². The molecule has 0 spiro atoms. The third kappa shape index (κ3) is 3.49. The van der Waals surface area contributed by atoms with Gasteiger partial charge >= 0.3 is 6.01 Å². The molecular weight excluding hydrogens is 334 g/mol. The van der Waals surface area contributed by atoms with Gasteiger partial charge in [-0.1, -0.05) is 6.92 Å². The summed E-state index contributed by atoms with van der Waals surface area (Å²) >= 11 is 0. The Kier molecular flexibility index (Phi) is 4.73. The lowest BCUT2D eigenvalue weighted by atomic mass is 10.1. The number of piperidine rings is 1. The van der Waals surface area contributed by atoms with E-state index < -0.39 is 0 Å². The molecule has 2 aromatic rings. The smallest absolute Gasteiger partial charge is 0.316 e. The van der Waals surface area contributed by atoms with Crippen molar-refractivity contribution in [1.82, 2.24) is 24.6 Å². The van der Waals surface area contributed by atoms with Crippen LogP contribution in [0.15, 0.2) is 18.5 Å². The lowest BCUT2D eigenvalue weighted by Crippen LogP contribution is -2.44. The number of rotatable bonds is 4. The molecule has 138 valence electrons. The van der Waals surface area contributed by atoms with Crippen molar-refractivity contribution in [3.63, 3.8) is 0 Å². The second-order valence-electron chi connectivity index (χ2n) is 6.65. The van der Waals surface area contributed by atoms with Crippen LogP contribution in [0.5, 0.6) is 11.9 Å². The van der Waals surface area contributed by atoms with Crippen LogP contribution in [0.4, 0.5) is 0 Å². The summed E-state index contributed by atoms with van der Waals surface area (Å²) in [5, 5.41) is 4.39. The van der Waals surface area contributed by atoms with Crippen molar-refractivity contribution in [3.05, 3.63) is 29.7 Å². The number of fused-ring (bicyclic) bond motifs is 1. The Morgan fingerprint density at radius 2 is 2.15 bits per heavy atom. The molecule has 0 bridgehead atoms. The topological polar surface area (TPSA) is 82.4 Å². The summed E-state index contributed by atoms with van der Waals surface area (Å²) in [5.74, 6) is 0.597. The minimum absolute atomic E-state index is 0.0777. The number of aryl methyl sites for hydroxylation is 2. The van der Waals surface area contributed by atoms with Crippen LogP contribution in [0.3, 0.4) is 0 Å². The third-order valence-corrected chi connectivity index (χ3v) is 4.75.